The van der Waals surface area contributed by atoms with Crippen molar-refractivity contribution in [3.63, 3.8) is 0 Å². The van der Waals surface area contributed by atoms with Crippen LogP contribution in [0.15, 0.2) is 38.6 Å². The minimum atomic E-state index is -0.371. The molecular formula is C21H26N4O4S. The maximum absolute atomic E-state index is 12.1. The summed E-state index contributed by atoms with van der Waals surface area (Å²) < 4.78 is 18.3. The van der Waals surface area contributed by atoms with Crippen LogP contribution in [0.3, 0.4) is 0 Å². The van der Waals surface area contributed by atoms with E-state index in [-0.39, 0.29) is 5.63 Å². The summed E-state index contributed by atoms with van der Waals surface area (Å²) in [6.07, 6.45) is 0. The van der Waals surface area contributed by atoms with E-state index in [1.807, 2.05) is 12.1 Å². The third-order valence-electron chi connectivity index (χ3n) is 4.93. The van der Waals surface area contributed by atoms with Crippen molar-refractivity contribution in [1.29, 1.82) is 0 Å². The maximum Gasteiger partial charge on any atom is 0.336 e. The minimum absolute atomic E-state index is 0.371. The Morgan fingerprint density at radius 1 is 1.20 bits per heavy atom. The molecule has 0 amide bonds. The van der Waals surface area contributed by atoms with Crippen LogP contribution < -0.4 is 15.3 Å². The lowest BCUT2D eigenvalue weighted by Gasteiger charge is -2.28. The first-order valence-electron chi connectivity index (χ1n) is 10.0. The van der Waals surface area contributed by atoms with Gasteiger partial charge in [-0.3, -0.25) is 4.57 Å². The highest BCUT2D eigenvalue weighted by molar-refractivity contribution is 7.98. The second kappa shape index (κ2) is 9.09. The first-order chi connectivity index (χ1) is 14.5. The zero-order valence-electron chi connectivity index (χ0n) is 17.5. The van der Waals surface area contributed by atoms with Gasteiger partial charge in [0.1, 0.15) is 11.3 Å². The summed E-state index contributed by atoms with van der Waals surface area (Å²) >= 11 is 1.58. The van der Waals surface area contributed by atoms with Gasteiger partial charge in [-0.2, -0.15) is 0 Å². The van der Waals surface area contributed by atoms with Gasteiger partial charge >= 0.3 is 5.63 Å². The van der Waals surface area contributed by atoms with E-state index < -0.39 is 0 Å². The van der Waals surface area contributed by atoms with Gasteiger partial charge in [-0.15, -0.1) is 10.2 Å². The van der Waals surface area contributed by atoms with Gasteiger partial charge in [0, 0.05) is 42.9 Å². The van der Waals surface area contributed by atoms with Crippen molar-refractivity contribution in [3.05, 3.63) is 40.2 Å². The Hall–Kier alpha value is -2.52. The molecule has 0 N–H and O–H groups in total. The van der Waals surface area contributed by atoms with Crippen LogP contribution in [-0.2, 0) is 17.0 Å². The van der Waals surface area contributed by atoms with Crippen molar-refractivity contribution in [2.75, 3.05) is 38.3 Å². The van der Waals surface area contributed by atoms with Crippen LogP contribution >= 0.6 is 11.8 Å². The summed E-state index contributed by atoms with van der Waals surface area (Å²) in [5, 5.41) is 10.7. The summed E-state index contributed by atoms with van der Waals surface area (Å²) in [5.41, 5.74) is 1.06. The Bertz CT molecular complexity index is 1070. The molecule has 4 rings (SSSR count). The highest BCUT2D eigenvalue weighted by atomic mass is 32.2. The van der Waals surface area contributed by atoms with E-state index in [4.69, 9.17) is 13.9 Å². The first-order valence-corrected chi connectivity index (χ1v) is 11.0. The Balaban J connectivity index is 1.62. The number of nitrogens with zero attached hydrogens (tertiary/aromatic N) is 4. The maximum atomic E-state index is 12.1. The average molecular weight is 431 g/mol. The topological polar surface area (TPSA) is 82.6 Å². The van der Waals surface area contributed by atoms with E-state index in [0.717, 1.165) is 41.7 Å². The highest BCUT2D eigenvalue weighted by Crippen LogP contribution is 2.30. The molecule has 2 aromatic heterocycles. The number of anilines is 1. The fourth-order valence-corrected chi connectivity index (χ4v) is 4.44. The highest BCUT2D eigenvalue weighted by Gasteiger charge is 2.21. The molecule has 1 aromatic carbocycles. The molecule has 9 heteroatoms. The van der Waals surface area contributed by atoms with Gasteiger partial charge in [0.25, 0.3) is 0 Å². The minimum Gasteiger partial charge on any atom is -0.497 e. The van der Waals surface area contributed by atoms with Crippen LogP contribution in [0.25, 0.3) is 11.0 Å². The lowest BCUT2D eigenvalue weighted by molar-refractivity contribution is 0.121. The summed E-state index contributed by atoms with van der Waals surface area (Å²) in [5.74, 6) is 2.59. The molecule has 1 saturated heterocycles. The number of rotatable bonds is 7. The van der Waals surface area contributed by atoms with E-state index in [1.165, 1.54) is 0 Å². The quantitative estimate of drug-likeness (QED) is 0.418. The van der Waals surface area contributed by atoms with Crippen molar-refractivity contribution in [1.82, 2.24) is 14.8 Å². The number of thioether (sulfide) groups is 1. The largest absolute Gasteiger partial charge is 0.497 e. The van der Waals surface area contributed by atoms with Crippen molar-refractivity contribution < 1.29 is 13.9 Å². The van der Waals surface area contributed by atoms with Crippen molar-refractivity contribution in [2.45, 2.75) is 31.3 Å². The van der Waals surface area contributed by atoms with E-state index >= 15 is 0 Å². The van der Waals surface area contributed by atoms with Gasteiger partial charge in [-0.25, -0.2) is 4.79 Å². The molecule has 0 aliphatic carbocycles. The van der Waals surface area contributed by atoms with Gasteiger partial charge in [-0.1, -0.05) is 25.6 Å². The van der Waals surface area contributed by atoms with Crippen LogP contribution in [0.5, 0.6) is 5.75 Å². The summed E-state index contributed by atoms with van der Waals surface area (Å²) in [6, 6.07) is 7.08. The van der Waals surface area contributed by atoms with Gasteiger partial charge in [0.15, 0.2) is 5.16 Å². The van der Waals surface area contributed by atoms with Crippen molar-refractivity contribution in [3.8, 4) is 5.75 Å². The molecule has 0 atom stereocenters. The molecule has 3 aromatic rings. The first kappa shape index (κ1) is 20.7. The van der Waals surface area contributed by atoms with Gasteiger partial charge in [0.2, 0.25) is 5.95 Å². The molecule has 1 fully saturated rings. The Labute approximate surface area is 179 Å². The fraction of sp³-hybridized carbons (Fsp3) is 0.476. The molecule has 0 saturated carbocycles. The van der Waals surface area contributed by atoms with Gasteiger partial charge in [-0.05, 0) is 23.6 Å². The summed E-state index contributed by atoms with van der Waals surface area (Å²) in [4.78, 5) is 14.3. The Morgan fingerprint density at radius 2 is 2.00 bits per heavy atom. The van der Waals surface area contributed by atoms with Crippen LogP contribution in [0.4, 0.5) is 5.95 Å². The predicted octanol–water partition coefficient (Wildman–Crippen LogP) is 3.18. The summed E-state index contributed by atoms with van der Waals surface area (Å²) in [7, 11) is 1.59. The number of hydrogen-bond acceptors (Lipinski definition) is 8. The van der Waals surface area contributed by atoms with E-state index in [1.54, 1.807) is 31.0 Å². The normalized spacial score (nSPS) is 14.6. The number of ether oxygens (including phenoxy) is 2. The monoisotopic (exact) mass is 430 g/mol. The van der Waals surface area contributed by atoms with E-state index in [2.05, 4.69) is 33.5 Å². The number of fused-ring (bicyclic) bond motifs is 1. The van der Waals surface area contributed by atoms with Gasteiger partial charge < -0.3 is 18.8 Å². The number of morpholine rings is 1. The second-order valence-corrected chi connectivity index (χ2v) is 8.57. The fourth-order valence-electron chi connectivity index (χ4n) is 3.51. The van der Waals surface area contributed by atoms with Crippen molar-refractivity contribution >= 4 is 28.7 Å². The predicted molar refractivity (Wildman–Crippen MR) is 116 cm³/mol. The van der Waals surface area contributed by atoms with Crippen LogP contribution in [0.2, 0.25) is 0 Å². The molecule has 8 nitrogen and oxygen atoms in total. The summed E-state index contributed by atoms with van der Waals surface area (Å²) in [6.45, 7) is 8.22. The molecule has 1 aliphatic heterocycles. The lowest BCUT2D eigenvalue weighted by Crippen LogP contribution is -2.38. The number of hydrogen-bond donors (Lipinski definition) is 0. The molecule has 30 heavy (non-hydrogen) atoms. The average Bonchev–Trinajstić information content (AvgIpc) is 3.13. The smallest absolute Gasteiger partial charge is 0.336 e. The molecule has 0 radical (unpaired) electrons. The molecule has 0 spiro atoms. The van der Waals surface area contributed by atoms with Crippen LogP contribution in [0, 0.1) is 5.92 Å². The molecular weight excluding hydrogens is 404 g/mol. The number of aromatic nitrogens is 3. The molecule has 160 valence electrons. The zero-order valence-corrected chi connectivity index (χ0v) is 18.3. The van der Waals surface area contributed by atoms with E-state index in [0.29, 0.717) is 36.2 Å². The SMILES string of the molecule is COc1ccc2c(CSc3nnc(N4CCOCC4)n3CC(C)C)cc(=O)oc2c1. The third kappa shape index (κ3) is 4.46. The van der Waals surface area contributed by atoms with Crippen molar-refractivity contribution in [2.24, 2.45) is 5.92 Å². The third-order valence-corrected chi connectivity index (χ3v) is 5.95. The standard InChI is InChI=1S/C21H26N4O4S/c1-14(2)12-25-20(24-6-8-28-9-7-24)22-23-21(25)30-13-15-10-19(26)29-18-11-16(27-3)4-5-17(15)18/h4-5,10-11,14H,6-9,12-13H2,1-3H3. The van der Waals surface area contributed by atoms with E-state index in [9.17, 15) is 4.79 Å². The molecule has 3 heterocycles. The second-order valence-electron chi connectivity index (χ2n) is 7.63. The molecule has 1 aliphatic rings. The number of benzene rings is 1. The van der Waals surface area contributed by atoms with Gasteiger partial charge in [0.05, 0.1) is 20.3 Å². The molecule has 0 bridgehead atoms. The zero-order chi connectivity index (χ0) is 21.1. The van der Waals surface area contributed by atoms with Crippen LogP contribution in [-0.4, -0.2) is 48.2 Å². The van der Waals surface area contributed by atoms with Crippen LogP contribution in [0.1, 0.15) is 19.4 Å². The Kier molecular flexibility index (Phi) is 6.29. The molecule has 0 unspecified atom stereocenters. The lowest BCUT2D eigenvalue weighted by atomic mass is 10.1. The Morgan fingerprint density at radius 3 is 2.73 bits per heavy atom. The number of methoxy groups -OCH3 is 1.